The van der Waals surface area contributed by atoms with Gasteiger partial charge in [0, 0.05) is 0 Å². The lowest BCUT2D eigenvalue weighted by Gasteiger charge is -2.17. The molecule has 1 atom stereocenters. The van der Waals surface area contributed by atoms with Crippen LogP contribution in [0.15, 0.2) is 24.0 Å². The zero-order valence-corrected chi connectivity index (χ0v) is 6.89. The highest BCUT2D eigenvalue weighted by molar-refractivity contribution is 5.06. The molecule has 0 rings (SSSR count). The zero-order chi connectivity index (χ0) is 13.1. The monoisotopic (exact) mass is 260 g/mol. The Morgan fingerprint density at radius 1 is 0.875 bits per heavy atom. The summed E-state index contributed by atoms with van der Waals surface area (Å²) in [6, 6.07) is -3.06. The quantitative estimate of drug-likeness (QED) is 0.547. The Balaban J connectivity index is 4.93. The van der Waals surface area contributed by atoms with Crippen LogP contribution in [-0.4, -0.2) is 12.3 Å². The van der Waals surface area contributed by atoms with Crippen molar-refractivity contribution in [2.45, 2.75) is 12.3 Å². The van der Waals surface area contributed by atoms with E-state index in [1.165, 1.54) is 0 Å². The van der Waals surface area contributed by atoms with E-state index < -0.39 is 36.3 Å². The average molecular weight is 260 g/mol. The third-order valence-electron chi connectivity index (χ3n) is 1.10. The van der Waals surface area contributed by atoms with Crippen LogP contribution < -0.4 is 0 Å². The summed E-state index contributed by atoms with van der Waals surface area (Å²) in [7, 11) is 0. The maximum Gasteiger partial charge on any atom is 0.369 e. The Hall–Kier alpha value is -1.35. The largest absolute Gasteiger partial charge is 0.425 e. The van der Waals surface area contributed by atoms with E-state index in [9.17, 15) is 39.5 Å². The van der Waals surface area contributed by atoms with Gasteiger partial charge in [0.15, 0.2) is 0 Å². The predicted octanol–water partition coefficient (Wildman–Crippen LogP) is 4.05. The second-order valence-corrected chi connectivity index (χ2v) is 2.17. The van der Waals surface area contributed by atoms with Gasteiger partial charge in [-0.2, -0.15) is 39.5 Å². The van der Waals surface area contributed by atoms with Crippen molar-refractivity contribution in [1.82, 2.24) is 0 Å². The molecule has 1 unspecified atom stereocenters. The molecule has 0 aliphatic rings. The molecule has 10 heteroatoms. The van der Waals surface area contributed by atoms with E-state index >= 15 is 0 Å². The van der Waals surface area contributed by atoms with Gasteiger partial charge in [-0.15, -0.1) is 0 Å². The normalized spacial score (nSPS) is 13.1. The summed E-state index contributed by atoms with van der Waals surface area (Å²) in [5, 5.41) is 0. The predicted molar refractivity (Wildman–Crippen MR) is 31.6 cm³/mol. The van der Waals surface area contributed by atoms with E-state index in [-0.39, 0.29) is 0 Å². The lowest BCUT2D eigenvalue weighted by Crippen LogP contribution is -2.33. The molecule has 1 nitrogen and oxygen atoms in total. The fourth-order valence-electron chi connectivity index (χ4n) is 0.435. The Labute approximate surface area is 81.8 Å². The summed E-state index contributed by atoms with van der Waals surface area (Å²) in [6.45, 7) is 0. The fraction of sp³-hybridized carbons (Fsp3) is 0.333. The fourth-order valence-corrected chi connectivity index (χ4v) is 0.435. The highest BCUT2D eigenvalue weighted by atomic mass is 19.3. The van der Waals surface area contributed by atoms with Crippen LogP contribution in [0.5, 0.6) is 0 Å². The van der Waals surface area contributed by atoms with E-state index in [4.69, 9.17) is 0 Å². The van der Waals surface area contributed by atoms with Crippen LogP contribution >= 0.6 is 0 Å². The van der Waals surface area contributed by atoms with Crippen LogP contribution in [0.2, 0.25) is 0 Å². The minimum atomic E-state index is -5.58. The second kappa shape index (κ2) is 5.12. The number of alkyl halides is 3. The number of rotatable bonds is 4. The molecule has 0 aromatic heterocycles. The number of hydrogen-bond donors (Lipinski definition) is 0. The summed E-state index contributed by atoms with van der Waals surface area (Å²) >= 11 is 0. The van der Waals surface area contributed by atoms with Gasteiger partial charge in [-0.05, 0) is 0 Å². The molecule has 94 valence electrons. The van der Waals surface area contributed by atoms with Crippen LogP contribution in [-0.2, 0) is 4.74 Å². The molecule has 0 aliphatic carbocycles. The maximum atomic E-state index is 12.2. The van der Waals surface area contributed by atoms with E-state index in [0.29, 0.717) is 0 Å². The molecule has 0 aromatic carbocycles. The Bertz CT molecular complexity index is 312. The minimum absolute atomic E-state index is 2.59. The second-order valence-electron chi connectivity index (χ2n) is 2.17. The first kappa shape index (κ1) is 14.7. The van der Waals surface area contributed by atoms with Gasteiger partial charge in [0.1, 0.15) is 0 Å². The van der Waals surface area contributed by atoms with Crippen LogP contribution in [0.1, 0.15) is 0 Å². The molecule has 0 aromatic rings. The number of ether oxygens (including phenoxy) is 1. The van der Waals surface area contributed by atoms with Gasteiger partial charge in [-0.3, -0.25) is 0 Å². The van der Waals surface area contributed by atoms with Crippen LogP contribution in [0.25, 0.3) is 0 Å². The van der Waals surface area contributed by atoms with Gasteiger partial charge in [0.2, 0.25) is 5.83 Å². The van der Waals surface area contributed by atoms with Gasteiger partial charge >= 0.3 is 30.5 Å². The maximum absolute atomic E-state index is 12.2. The topological polar surface area (TPSA) is 9.23 Å². The van der Waals surface area contributed by atoms with Crippen LogP contribution in [0, 0.1) is 0 Å². The molecule has 0 aliphatic heterocycles. The molecular formula is C6HF9O. The molecule has 0 spiro atoms. The van der Waals surface area contributed by atoms with Crippen molar-refractivity contribution in [3.8, 4) is 0 Å². The van der Waals surface area contributed by atoms with E-state index in [1.807, 2.05) is 0 Å². The average Bonchev–Trinajstić information content (AvgIpc) is 2.15. The van der Waals surface area contributed by atoms with Crippen molar-refractivity contribution in [3.05, 3.63) is 24.0 Å². The van der Waals surface area contributed by atoms with Crippen molar-refractivity contribution in [1.29, 1.82) is 0 Å². The Morgan fingerprint density at radius 2 is 1.31 bits per heavy atom. The molecule has 0 saturated heterocycles. The van der Waals surface area contributed by atoms with Gasteiger partial charge in [-0.25, -0.2) is 0 Å². The van der Waals surface area contributed by atoms with Gasteiger partial charge in [0.05, 0.1) is 0 Å². The third-order valence-corrected chi connectivity index (χ3v) is 1.10. The Morgan fingerprint density at radius 3 is 1.62 bits per heavy atom. The number of halogens is 9. The minimum Gasteiger partial charge on any atom is -0.425 e. The smallest absolute Gasteiger partial charge is 0.369 e. The van der Waals surface area contributed by atoms with Crippen molar-refractivity contribution >= 4 is 0 Å². The molecule has 0 radical (unpaired) electrons. The van der Waals surface area contributed by atoms with E-state index in [2.05, 4.69) is 4.74 Å². The van der Waals surface area contributed by atoms with E-state index in [1.54, 1.807) is 0 Å². The SMILES string of the molecule is FC(F)=C(F)OC(F)C(F)(F)C(F)=C(F)F. The van der Waals surface area contributed by atoms with Crippen molar-refractivity contribution in [3.63, 3.8) is 0 Å². The standard InChI is InChI=1S/C6HF9O/c7-1(2(8)9)6(14,15)5(13)16-4(12)3(10)11/h5H. The molecule has 16 heavy (non-hydrogen) atoms. The molecule has 0 N–H and O–H groups in total. The number of hydrogen-bond acceptors (Lipinski definition) is 1. The molecule has 0 bridgehead atoms. The summed E-state index contributed by atoms with van der Waals surface area (Å²) < 4.78 is 108. The Kier molecular flexibility index (Phi) is 4.69. The lowest BCUT2D eigenvalue weighted by molar-refractivity contribution is -0.179. The summed E-state index contributed by atoms with van der Waals surface area (Å²) in [6.07, 6.45) is -11.2. The van der Waals surface area contributed by atoms with Crippen molar-refractivity contribution in [2.24, 2.45) is 0 Å². The molecule has 0 heterocycles. The van der Waals surface area contributed by atoms with Gasteiger partial charge in [0.25, 0.3) is 0 Å². The van der Waals surface area contributed by atoms with Crippen molar-refractivity contribution < 1.29 is 44.3 Å². The molecule has 0 fully saturated rings. The molecule has 0 saturated carbocycles. The van der Waals surface area contributed by atoms with Crippen LogP contribution in [0.4, 0.5) is 39.5 Å². The molecule has 0 amide bonds. The van der Waals surface area contributed by atoms with Crippen molar-refractivity contribution in [2.75, 3.05) is 0 Å². The highest BCUT2D eigenvalue weighted by Crippen LogP contribution is 2.36. The lowest BCUT2D eigenvalue weighted by atomic mass is 10.3. The van der Waals surface area contributed by atoms with Gasteiger partial charge < -0.3 is 4.74 Å². The highest BCUT2D eigenvalue weighted by Gasteiger charge is 2.50. The zero-order valence-electron chi connectivity index (χ0n) is 6.89. The third kappa shape index (κ3) is 3.35. The first-order valence-electron chi connectivity index (χ1n) is 3.21. The summed E-state index contributed by atoms with van der Waals surface area (Å²) in [5.74, 6) is -9.11. The summed E-state index contributed by atoms with van der Waals surface area (Å²) in [5.41, 5.74) is 0. The van der Waals surface area contributed by atoms with Crippen LogP contribution in [0.3, 0.4) is 0 Å². The summed E-state index contributed by atoms with van der Waals surface area (Å²) in [4.78, 5) is 0. The van der Waals surface area contributed by atoms with Gasteiger partial charge in [-0.1, -0.05) is 0 Å². The van der Waals surface area contributed by atoms with E-state index in [0.717, 1.165) is 0 Å². The molecular weight excluding hydrogens is 259 g/mol. The first-order chi connectivity index (χ1) is 7.10. The first-order valence-corrected chi connectivity index (χ1v) is 3.21.